The molecule has 0 spiro atoms. The minimum Gasteiger partial charge on any atom is -0.478 e. The Kier molecular flexibility index (Phi) is 3.55. The lowest BCUT2D eigenvalue weighted by Crippen LogP contribution is -2.02. The fraction of sp³-hybridized carbons (Fsp3) is 0.105. The Morgan fingerprint density at radius 3 is 2.18 bits per heavy atom. The van der Waals surface area contributed by atoms with Crippen molar-refractivity contribution in [3.63, 3.8) is 0 Å². The fourth-order valence-electron chi connectivity index (χ4n) is 2.80. The average molecular weight is 291 g/mol. The van der Waals surface area contributed by atoms with Crippen LogP contribution in [0.5, 0.6) is 0 Å². The summed E-state index contributed by atoms with van der Waals surface area (Å²) in [5, 5.41) is 9.48. The second-order valence-electron chi connectivity index (χ2n) is 5.47. The minimum atomic E-state index is -0.915. The summed E-state index contributed by atoms with van der Waals surface area (Å²) in [6.45, 7) is 4.08. The number of benzene rings is 2. The van der Waals surface area contributed by atoms with E-state index in [0.29, 0.717) is 11.3 Å². The van der Waals surface area contributed by atoms with E-state index in [1.807, 2.05) is 54.9 Å². The van der Waals surface area contributed by atoms with Gasteiger partial charge in [0.05, 0.1) is 11.3 Å². The number of carboxylic acids is 1. The van der Waals surface area contributed by atoms with Crippen LogP contribution in [0.4, 0.5) is 0 Å². The number of hydrogen-bond acceptors (Lipinski definition) is 1. The Bertz CT molecular complexity index is 812. The second kappa shape index (κ2) is 5.53. The number of nitrogens with zero attached hydrogens (tertiary/aromatic N) is 1. The highest BCUT2D eigenvalue weighted by Gasteiger charge is 2.17. The number of aryl methyl sites for hydroxylation is 2. The summed E-state index contributed by atoms with van der Waals surface area (Å²) < 4.78 is 1.94. The van der Waals surface area contributed by atoms with Crippen molar-refractivity contribution in [3.8, 4) is 16.9 Å². The predicted molar refractivity (Wildman–Crippen MR) is 87.6 cm³/mol. The molecule has 22 heavy (non-hydrogen) atoms. The van der Waals surface area contributed by atoms with Crippen LogP contribution in [0.3, 0.4) is 0 Å². The molecule has 3 nitrogen and oxygen atoms in total. The molecule has 1 aromatic heterocycles. The van der Waals surface area contributed by atoms with Crippen LogP contribution in [0.1, 0.15) is 21.5 Å². The van der Waals surface area contributed by atoms with Crippen molar-refractivity contribution in [2.24, 2.45) is 0 Å². The SMILES string of the molecule is Cc1cc(C)cc(-n2ccc(C(=O)O)c2-c2ccccc2)c1. The van der Waals surface area contributed by atoms with Crippen LogP contribution in [-0.4, -0.2) is 15.6 Å². The lowest BCUT2D eigenvalue weighted by atomic mass is 10.1. The van der Waals surface area contributed by atoms with Crippen molar-refractivity contribution in [1.29, 1.82) is 0 Å². The molecular formula is C19H17NO2. The van der Waals surface area contributed by atoms with Crippen molar-refractivity contribution in [2.45, 2.75) is 13.8 Å². The van der Waals surface area contributed by atoms with Crippen molar-refractivity contribution in [3.05, 3.63) is 77.5 Å². The summed E-state index contributed by atoms with van der Waals surface area (Å²) in [4.78, 5) is 11.6. The van der Waals surface area contributed by atoms with Gasteiger partial charge in [0.25, 0.3) is 0 Å². The minimum absolute atomic E-state index is 0.311. The molecule has 0 saturated carbocycles. The molecule has 1 N–H and O–H groups in total. The van der Waals surface area contributed by atoms with E-state index in [9.17, 15) is 9.90 Å². The van der Waals surface area contributed by atoms with Gasteiger partial charge >= 0.3 is 5.97 Å². The van der Waals surface area contributed by atoms with Gasteiger partial charge in [-0.15, -0.1) is 0 Å². The molecule has 0 radical (unpaired) electrons. The number of carbonyl (C=O) groups is 1. The van der Waals surface area contributed by atoms with Gasteiger partial charge in [0.2, 0.25) is 0 Å². The highest BCUT2D eigenvalue weighted by Crippen LogP contribution is 2.29. The van der Waals surface area contributed by atoms with E-state index in [1.54, 1.807) is 6.07 Å². The topological polar surface area (TPSA) is 42.2 Å². The Hall–Kier alpha value is -2.81. The lowest BCUT2D eigenvalue weighted by Gasteiger charge is -2.12. The molecular weight excluding hydrogens is 274 g/mol. The van der Waals surface area contributed by atoms with Gasteiger partial charge in [-0.25, -0.2) is 4.79 Å². The smallest absolute Gasteiger partial charge is 0.337 e. The van der Waals surface area contributed by atoms with E-state index >= 15 is 0 Å². The third kappa shape index (κ3) is 2.53. The fourth-order valence-corrected chi connectivity index (χ4v) is 2.80. The van der Waals surface area contributed by atoms with Crippen LogP contribution in [0.25, 0.3) is 16.9 Å². The Morgan fingerprint density at radius 2 is 1.59 bits per heavy atom. The molecule has 0 fully saturated rings. The van der Waals surface area contributed by atoms with E-state index in [0.717, 1.165) is 22.4 Å². The zero-order valence-electron chi connectivity index (χ0n) is 12.6. The highest BCUT2D eigenvalue weighted by molar-refractivity contribution is 5.95. The van der Waals surface area contributed by atoms with E-state index in [-0.39, 0.29) is 0 Å². The number of hydrogen-bond donors (Lipinski definition) is 1. The first-order valence-corrected chi connectivity index (χ1v) is 7.15. The first-order chi connectivity index (χ1) is 10.6. The normalized spacial score (nSPS) is 10.6. The summed E-state index contributed by atoms with van der Waals surface area (Å²) in [5.74, 6) is -0.915. The maximum atomic E-state index is 11.6. The molecule has 0 aliphatic carbocycles. The van der Waals surface area contributed by atoms with Crippen molar-refractivity contribution in [1.82, 2.24) is 4.57 Å². The van der Waals surface area contributed by atoms with Crippen LogP contribution in [0.2, 0.25) is 0 Å². The molecule has 1 heterocycles. The summed E-state index contributed by atoms with van der Waals surface area (Å²) in [6, 6.07) is 17.5. The summed E-state index contributed by atoms with van der Waals surface area (Å²) >= 11 is 0. The van der Waals surface area contributed by atoms with Gasteiger partial charge in [0, 0.05) is 11.9 Å². The molecule has 3 heteroatoms. The number of rotatable bonds is 3. The average Bonchev–Trinajstić information content (AvgIpc) is 2.92. The van der Waals surface area contributed by atoms with Crippen molar-refractivity contribution < 1.29 is 9.90 Å². The predicted octanol–water partition coefficient (Wildman–Crippen LogP) is 4.46. The first kappa shape index (κ1) is 14.1. The Morgan fingerprint density at radius 1 is 0.955 bits per heavy atom. The third-order valence-corrected chi connectivity index (χ3v) is 3.65. The largest absolute Gasteiger partial charge is 0.478 e. The van der Waals surface area contributed by atoms with E-state index < -0.39 is 5.97 Å². The van der Waals surface area contributed by atoms with Gasteiger partial charge in [-0.3, -0.25) is 0 Å². The molecule has 0 atom stereocenters. The van der Waals surface area contributed by atoms with E-state index in [2.05, 4.69) is 18.2 Å². The van der Waals surface area contributed by atoms with Gasteiger partial charge in [-0.2, -0.15) is 0 Å². The third-order valence-electron chi connectivity index (χ3n) is 3.65. The van der Waals surface area contributed by atoms with Crippen molar-refractivity contribution >= 4 is 5.97 Å². The summed E-state index contributed by atoms with van der Waals surface area (Å²) in [7, 11) is 0. The number of carboxylic acid groups (broad SMARTS) is 1. The molecule has 0 amide bonds. The highest BCUT2D eigenvalue weighted by atomic mass is 16.4. The number of aromatic carboxylic acids is 1. The van der Waals surface area contributed by atoms with Gasteiger partial charge in [0.15, 0.2) is 0 Å². The Labute approximate surface area is 129 Å². The maximum Gasteiger partial charge on any atom is 0.337 e. The van der Waals surface area contributed by atoms with E-state index in [4.69, 9.17) is 0 Å². The van der Waals surface area contributed by atoms with Crippen LogP contribution < -0.4 is 0 Å². The first-order valence-electron chi connectivity index (χ1n) is 7.15. The quantitative estimate of drug-likeness (QED) is 0.774. The molecule has 0 saturated heterocycles. The monoisotopic (exact) mass is 291 g/mol. The standard InChI is InChI=1S/C19H17NO2/c1-13-10-14(2)12-16(11-13)20-9-8-17(19(21)22)18(20)15-6-4-3-5-7-15/h3-12H,1-2H3,(H,21,22). The maximum absolute atomic E-state index is 11.6. The van der Waals surface area contributed by atoms with Gasteiger partial charge < -0.3 is 9.67 Å². The molecule has 0 aliphatic heterocycles. The molecule has 3 rings (SSSR count). The molecule has 110 valence electrons. The molecule has 2 aromatic carbocycles. The Balaban J connectivity index is 2.27. The van der Waals surface area contributed by atoms with Crippen LogP contribution in [0, 0.1) is 13.8 Å². The lowest BCUT2D eigenvalue weighted by molar-refractivity contribution is 0.0698. The second-order valence-corrected chi connectivity index (χ2v) is 5.47. The molecule has 3 aromatic rings. The van der Waals surface area contributed by atoms with Gasteiger partial charge in [-0.05, 0) is 48.7 Å². The molecule has 0 bridgehead atoms. The van der Waals surface area contributed by atoms with Crippen LogP contribution in [0.15, 0.2) is 60.8 Å². The number of aromatic nitrogens is 1. The zero-order chi connectivity index (χ0) is 15.7. The van der Waals surface area contributed by atoms with Crippen LogP contribution in [-0.2, 0) is 0 Å². The van der Waals surface area contributed by atoms with Crippen molar-refractivity contribution in [2.75, 3.05) is 0 Å². The van der Waals surface area contributed by atoms with Gasteiger partial charge in [0.1, 0.15) is 0 Å². The summed E-state index contributed by atoms with van der Waals surface area (Å²) in [5.41, 5.74) is 5.19. The van der Waals surface area contributed by atoms with Gasteiger partial charge in [-0.1, -0.05) is 36.4 Å². The molecule has 0 unspecified atom stereocenters. The van der Waals surface area contributed by atoms with E-state index in [1.165, 1.54) is 0 Å². The summed E-state index contributed by atoms with van der Waals surface area (Å²) in [6.07, 6.45) is 1.82. The zero-order valence-corrected chi connectivity index (χ0v) is 12.6. The van der Waals surface area contributed by atoms with Crippen LogP contribution >= 0.6 is 0 Å². The molecule has 0 aliphatic rings.